The van der Waals surface area contributed by atoms with Crippen LogP contribution >= 0.6 is 0 Å². The average Bonchev–Trinajstić information content (AvgIpc) is 3.19. The predicted molar refractivity (Wildman–Crippen MR) is 93.4 cm³/mol. The molecule has 0 saturated heterocycles. The number of aromatic nitrogens is 3. The molecule has 3 rings (SSSR count). The van der Waals surface area contributed by atoms with Gasteiger partial charge in [-0.3, -0.25) is 0 Å². The molecule has 0 bridgehead atoms. The van der Waals surface area contributed by atoms with Gasteiger partial charge in [-0.15, -0.1) is 0 Å². The first kappa shape index (κ1) is 18.8. The summed E-state index contributed by atoms with van der Waals surface area (Å²) in [6, 6.07) is 6.22. The highest BCUT2D eigenvalue weighted by molar-refractivity contribution is 5.87. The van der Waals surface area contributed by atoms with Crippen LogP contribution in [-0.4, -0.2) is 28.8 Å². The maximum absolute atomic E-state index is 13.6. The highest BCUT2D eigenvalue weighted by atomic mass is 19.4. The molecule has 2 heterocycles. The highest BCUT2D eigenvalue weighted by Gasteiger charge is 2.36. The van der Waals surface area contributed by atoms with Crippen molar-refractivity contribution in [2.24, 2.45) is 0 Å². The molecule has 0 N–H and O–H groups in total. The zero-order valence-corrected chi connectivity index (χ0v) is 15.1. The Morgan fingerprint density at radius 1 is 1.30 bits per heavy atom. The molecule has 6 nitrogen and oxygen atoms in total. The minimum absolute atomic E-state index is 0.0151. The van der Waals surface area contributed by atoms with E-state index in [-0.39, 0.29) is 17.5 Å². The Bertz CT molecular complexity index is 1010. The number of halogens is 3. The van der Waals surface area contributed by atoms with Crippen molar-refractivity contribution in [3.8, 4) is 6.07 Å². The number of rotatable bonds is 5. The molecule has 27 heavy (non-hydrogen) atoms. The third-order valence-corrected chi connectivity index (χ3v) is 4.22. The molecule has 0 aliphatic rings. The van der Waals surface area contributed by atoms with E-state index in [9.17, 15) is 13.2 Å². The fourth-order valence-electron chi connectivity index (χ4n) is 3.07. The molecule has 0 saturated carbocycles. The topological polar surface area (TPSA) is 70.9 Å². The van der Waals surface area contributed by atoms with Crippen molar-refractivity contribution in [2.75, 3.05) is 19.0 Å². The summed E-state index contributed by atoms with van der Waals surface area (Å²) in [6.45, 7) is 2.13. The molecule has 0 aliphatic heterocycles. The molecule has 3 aromatic rings. The quantitative estimate of drug-likeness (QED) is 0.673. The van der Waals surface area contributed by atoms with Gasteiger partial charge in [-0.05, 0) is 24.6 Å². The molecular formula is C18H18F3N5O. The number of alkyl halides is 3. The number of nitrogens with zero attached hydrogens (tertiary/aromatic N) is 5. The van der Waals surface area contributed by atoms with Crippen molar-refractivity contribution in [3.05, 3.63) is 40.8 Å². The summed E-state index contributed by atoms with van der Waals surface area (Å²) in [5.41, 5.74) is -0.171. The summed E-state index contributed by atoms with van der Waals surface area (Å²) in [7, 11) is 3.51. The van der Waals surface area contributed by atoms with E-state index in [1.807, 2.05) is 6.92 Å². The molecular weight excluding hydrogens is 359 g/mol. The summed E-state index contributed by atoms with van der Waals surface area (Å²) in [6.07, 6.45) is -3.27. The molecule has 0 atom stereocenters. The van der Waals surface area contributed by atoms with E-state index in [1.165, 1.54) is 18.2 Å². The van der Waals surface area contributed by atoms with Gasteiger partial charge < -0.3 is 14.0 Å². The average molecular weight is 377 g/mol. The Hall–Kier alpha value is -3.02. The summed E-state index contributed by atoms with van der Waals surface area (Å²) in [5, 5.41) is 13.0. The Morgan fingerprint density at radius 2 is 2.04 bits per heavy atom. The van der Waals surface area contributed by atoms with Crippen LogP contribution in [0, 0.1) is 11.3 Å². The van der Waals surface area contributed by atoms with Gasteiger partial charge in [0.05, 0.1) is 23.7 Å². The van der Waals surface area contributed by atoms with Gasteiger partial charge in [0, 0.05) is 30.7 Å². The lowest BCUT2D eigenvalue weighted by Gasteiger charge is -2.11. The third kappa shape index (κ3) is 3.47. The first-order valence-electron chi connectivity index (χ1n) is 8.38. The molecule has 142 valence electrons. The van der Waals surface area contributed by atoms with Gasteiger partial charge in [0.25, 0.3) is 0 Å². The summed E-state index contributed by atoms with van der Waals surface area (Å²) < 4.78 is 47.7. The van der Waals surface area contributed by atoms with Crippen molar-refractivity contribution < 1.29 is 17.7 Å². The van der Waals surface area contributed by atoms with Gasteiger partial charge in [-0.25, -0.2) is 0 Å². The molecule has 9 heteroatoms. The molecule has 0 fully saturated rings. The minimum atomic E-state index is -4.62. The van der Waals surface area contributed by atoms with Gasteiger partial charge in [0.2, 0.25) is 0 Å². The Balaban J connectivity index is 2.18. The van der Waals surface area contributed by atoms with E-state index in [0.717, 1.165) is 12.1 Å². The Kier molecular flexibility index (Phi) is 4.83. The van der Waals surface area contributed by atoms with E-state index < -0.39 is 11.7 Å². The Labute approximate surface area is 153 Å². The van der Waals surface area contributed by atoms with E-state index in [1.54, 1.807) is 29.6 Å². The van der Waals surface area contributed by atoms with E-state index in [4.69, 9.17) is 9.78 Å². The van der Waals surface area contributed by atoms with Gasteiger partial charge in [0.1, 0.15) is 0 Å². The van der Waals surface area contributed by atoms with Crippen LogP contribution in [0.2, 0.25) is 0 Å². The number of nitriles is 1. The number of aryl methyl sites for hydroxylation is 1. The van der Waals surface area contributed by atoms with Crippen molar-refractivity contribution in [2.45, 2.75) is 32.5 Å². The van der Waals surface area contributed by atoms with Crippen LogP contribution in [0.4, 0.5) is 19.2 Å². The van der Waals surface area contributed by atoms with Crippen molar-refractivity contribution >= 4 is 16.9 Å². The SMILES string of the molecule is CCCc1cc2c(C(F)(F)F)c(C#N)ccc2n1Cc1noc(N(C)C)n1. The van der Waals surface area contributed by atoms with E-state index in [2.05, 4.69) is 10.1 Å². The highest BCUT2D eigenvalue weighted by Crippen LogP contribution is 2.39. The maximum Gasteiger partial charge on any atom is 0.418 e. The standard InChI is InChI=1S/C18H18F3N5O/c1-4-5-12-8-13-14(7-6-11(9-22)16(13)18(19,20)21)26(12)10-15-23-17(25(2)3)27-24-15/h6-8H,4-5,10H2,1-3H3. The minimum Gasteiger partial charge on any atom is -0.337 e. The summed E-state index contributed by atoms with van der Waals surface area (Å²) in [5.74, 6) is 0.367. The molecule has 2 aromatic heterocycles. The first-order chi connectivity index (χ1) is 12.8. The van der Waals surface area contributed by atoms with Crippen molar-refractivity contribution in [3.63, 3.8) is 0 Å². The third-order valence-electron chi connectivity index (χ3n) is 4.22. The second kappa shape index (κ2) is 6.95. The van der Waals surface area contributed by atoms with Crippen LogP contribution < -0.4 is 4.90 Å². The van der Waals surface area contributed by atoms with Crippen LogP contribution in [0.5, 0.6) is 0 Å². The number of hydrogen-bond donors (Lipinski definition) is 0. The van der Waals surface area contributed by atoms with E-state index >= 15 is 0 Å². The molecule has 0 unspecified atom stereocenters. The zero-order valence-electron chi connectivity index (χ0n) is 15.1. The van der Waals surface area contributed by atoms with Crippen LogP contribution in [0.15, 0.2) is 22.7 Å². The van der Waals surface area contributed by atoms with Gasteiger partial charge in [0.15, 0.2) is 5.82 Å². The van der Waals surface area contributed by atoms with Crippen molar-refractivity contribution in [1.82, 2.24) is 14.7 Å². The number of anilines is 1. The second-order valence-corrected chi connectivity index (χ2v) is 6.39. The molecule has 0 spiro atoms. The molecule has 1 aromatic carbocycles. The summed E-state index contributed by atoms with van der Waals surface area (Å²) in [4.78, 5) is 5.90. The van der Waals surface area contributed by atoms with Gasteiger partial charge >= 0.3 is 12.2 Å². The van der Waals surface area contributed by atoms with Gasteiger partial charge in [-0.2, -0.15) is 23.4 Å². The zero-order chi connectivity index (χ0) is 19.8. The lowest BCUT2D eigenvalue weighted by atomic mass is 10.0. The van der Waals surface area contributed by atoms with Crippen LogP contribution in [0.3, 0.4) is 0 Å². The van der Waals surface area contributed by atoms with Crippen LogP contribution in [-0.2, 0) is 19.1 Å². The van der Waals surface area contributed by atoms with Crippen molar-refractivity contribution in [1.29, 1.82) is 5.26 Å². The smallest absolute Gasteiger partial charge is 0.337 e. The molecule has 0 aliphatic carbocycles. The number of fused-ring (bicyclic) bond motifs is 1. The van der Waals surface area contributed by atoms with Gasteiger partial charge in [-0.1, -0.05) is 18.5 Å². The van der Waals surface area contributed by atoms with E-state index in [0.29, 0.717) is 23.8 Å². The molecule has 0 amide bonds. The lowest BCUT2D eigenvalue weighted by Crippen LogP contribution is -2.10. The fraction of sp³-hybridized carbons (Fsp3) is 0.389. The normalized spacial score (nSPS) is 11.7. The lowest BCUT2D eigenvalue weighted by molar-refractivity contribution is -0.136. The molecule has 0 radical (unpaired) electrons. The largest absolute Gasteiger partial charge is 0.418 e. The van der Waals surface area contributed by atoms with Crippen LogP contribution in [0.1, 0.15) is 36.0 Å². The Morgan fingerprint density at radius 3 is 2.59 bits per heavy atom. The van der Waals surface area contributed by atoms with Crippen LogP contribution in [0.25, 0.3) is 10.9 Å². The maximum atomic E-state index is 13.6. The first-order valence-corrected chi connectivity index (χ1v) is 8.38. The number of benzene rings is 1. The summed E-state index contributed by atoms with van der Waals surface area (Å²) >= 11 is 0. The fourth-order valence-corrected chi connectivity index (χ4v) is 3.07. The monoisotopic (exact) mass is 377 g/mol. The number of hydrogen-bond acceptors (Lipinski definition) is 5. The second-order valence-electron chi connectivity index (χ2n) is 6.39. The predicted octanol–water partition coefficient (Wildman–Crippen LogP) is 3.98.